The van der Waals surface area contributed by atoms with Gasteiger partial charge < -0.3 is 16.0 Å². The van der Waals surface area contributed by atoms with E-state index in [1.54, 1.807) is 36.4 Å². The summed E-state index contributed by atoms with van der Waals surface area (Å²) in [6.07, 6.45) is 0. The summed E-state index contributed by atoms with van der Waals surface area (Å²) in [5.74, 6) is -0.442. The van der Waals surface area contributed by atoms with Gasteiger partial charge in [0.1, 0.15) is 0 Å². The smallest absolute Gasteiger partial charge is 0.257 e. The van der Waals surface area contributed by atoms with Gasteiger partial charge in [-0.2, -0.15) is 0 Å². The van der Waals surface area contributed by atoms with Crippen LogP contribution in [0.2, 0.25) is 5.02 Å². The summed E-state index contributed by atoms with van der Waals surface area (Å²) in [5, 5.41) is 9.58. The molecule has 27 heavy (non-hydrogen) atoms. The van der Waals surface area contributed by atoms with E-state index in [-0.39, 0.29) is 11.8 Å². The number of halogens is 1. The van der Waals surface area contributed by atoms with Crippen LogP contribution < -0.4 is 16.0 Å². The van der Waals surface area contributed by atoms with E-state index in [4.69, 9.17) is 11.6 Å². The Morgan fingerprint density at radius 1 is 0.889 bits per heavy atom. The minimum atomic E-state index is -0.228. The van der Waals surface area contributed by atoms with Gasteiger partial charge in [0.2, 0.25) is 0 Å². The highest BCUT2D eigenvalue weighted by molar-refractivity contribution is 6.30. The molecule has 0 radical (unpaired) electrons. The largest absolute Gasteiger partial charge is 0.353 e. The molecule has 1 aliphatic heterocycles. The summed E-state index contributed by atoms with van der Waals surface area (Å²) < 4.78 is 0. The molecule has 5 nitrogen and oxygen atoms in total. The molecule has 0 saturated heterocycles. The van der Waals surface area contributed by atoms with Gasteiger partial charge in [0.25, 0.3) is 11.8 Å². The molecule has 0 fully saturated rings. The number of amides is 2. The molecule has 2 amide bonds. The molecule has 3 N–H and O–H groups in total. The molecule has 0 unspecified atom stereocenters. The second-order valence-corrected chi connectivity index (χ2v) is 6.63. The van der Waals surface area contributed by atoms with Crippen LogP contribution in [0.15, 0.2) is 66.7 Å². The summed E-state index contributed by atoms with van der Waals surface area (Å²) in [4.78, 5) is 24.9. The molecule has 1 aliphatic rings. The predicted octanol–water partition coefficient (Wildman–Crippen LogP) is 4.58. The van der Waals surface area contributed by atoms with Crippen molar-refractivity contribution >= 4 is 40.5 Å². The molecule has 6 heteroatoms. The minimum absolute atomic E-state index is 0.215. The van der Waals surface area contributed by atoms with Crippen LogP contribution in [0.3, 0.4) is 0 Å². The van der Waals surface area contributed by atoms with Crippen LogP contribution >= 0.6 is 11.6 Å². The first-order valence-corrected chi connectivity index (χ1v) is 8.82. The first kappa shape index (κ1) is 17.1. The van der Waals surface area contributed by atoms with Gasteiger partial charge in [0.05, 0.1) is 22.6 Å². The lowest BCUT2D eigenvalue weighted by Gasteiger charge is -2.11. The van der Waals surface area contributed by atoms with Gasteiger partial charge >= 0.3 is 0 Å². The number of carbonyl (C=O) groups is 2. The fourth-order valence-corrected chi connectivity index (χ4v) is 3.17. The van der Waals surface area contributed by atoms with E-state index in [1.165, 1.54) is 0 Å². The van der Waals surface area contributed by atoms with E-state index >= 15 is 0 Å². The van der Waals surface area contributed by atoms with Crippen LogP contribution in [-0.4, -0.2) is 11.8 Å². The van der Waals surface area contributed by atoms with Crippen LogP contribution in [0.25, 0.3) is 0 Å². The van der Waals surface area contributed by atoms with Crippen molar-refractivity contribution in [3.05, 3.63) is 88.4 Å². The summed E-state index contributed by atoms with van der Waals surface area (Å²) in [7, 11) is 0. The van der Waals surface area contributed by atoms with Gasteiger partial charge in [0.15, 0.2) is 0 Å². The number of hydrogen-bond acceptors (Lipinski definition) is 3. The van der Waals surface area contributed by atoms with E-state index in [9.17, 15) is 9.59 Å². The normalized spacial score (nSPS) is 12.1. The summed E-state index contributed by atoms with van der Waals surface area (Å²) in [5.41, 5.74) is 3.96. The highest BCUT2D eigenvalue weighted by Gasteiger charge is 2.19. The maximum atomic E-state index is 12.5. The van der Waals surface area contributed by atoms with Crippen LogP contribution in [0.5, 0.6) is 0 Å². The zero-order valence-electron chi connectivity index (χ0n) is 14.3. The number of para-hydroxylation sites is 1. The number of fused-ring (bicyclic) bond motifs is 2. The van der Waals surface area contributed by atoms with Crippen molar-refractivity contribution in [1.82, 2.24) is 5.32 Å². The second kappa shape index (κ2) is 7.13. The SMILES string of the molecule is O=C(NCc1cccc(Cl)c1)c1ccc2c(c1)NC(=O)c1ccccc1N2. The summed E-state index contributed by atoms with van der Waals surface area (Å²) in [6, 6.07) is 19.8. The average Bonchev–Trinajstić information content (AvgIpc) is 2.81. The monoisotopic (exact) mass is 377 g/mol. The van der Waals surface area contributed by atoms with Crippen LogP contribution in [-0.2, 0) is 6.54 Å². The zero-order chi connectivity index (χ0) is 18.8. The second-order valence-electron chi connectivity index (χ2n) is 6.20. The molecule has 1 heterocycles. The lowest BCUT2D eigenvalue weighted by Crippen LogP contribution is -2.23. The predicted molar refractivity (Wildman–Crippen MR) is 107 cm³/mol. The van der Waals surface area contributed by atoms with Crippen molar-refractivity contribution in [3.8, 4) is 0 Å². The van der Waals surface area contributed by atoms with Crippen molar-refractivity contribution in [2.24, 2.45) is 0 Å². The topological polar surface area (TPSA) is 70.2 Å². The molecular formula is C21H16ClN3O2. The summed E-state index contributed by atoms with van der Waals surface area (Å²) in [6.45, 7) is 0.368. The Hall–Kier alpha value is -3.31. The molecule has 134 valence electrons. The fourth-order valence-electron chi connectivity index (χ4n) is 2.95. The van der Waals surface area contributed by atoms with Gasteiger partial charge in [0, 0.05) is 17.1 Å². The molecule has 3 aromatic rings. The van der Waals surface area contributed by atoms with Gasteiger partial charge in [-0.1, -0.05) is 35.9 Å². The lowest BCUT2D eigenvalue weighted by molar-refractivity contribution is 0.0949. The Morgan fingerprint density at radius 3 is 2.59 bits per heavy atom. The van der Waals surface area contributed by atoms with Crippen molar-refractivity contribution in [2.45, 2.75) is 6.54 Å². The van der Waals surface area contributed by atoms with E-state index in [2.05, 4.69) is 16.0 Å². The van der Waals surface area contributed by atoms with Crippen molar-refractivity contribution in [2.75, 3.05) is 10.6 Å². The first-order valence-electron chi connectivity index (χ1n) is 8.44. The number of nitrogens with one attached hydrogen (secondary N) is 3. The first-order chi connectivity index (χ1) is 13.1. The zero-order valence-corrected chi connectivity index (χ0v) is 15.0. The third-order valence-corrected chi connectivity index (χ3v) is 4.55. The third kappa shape index (κ3) is 3.64. The van der Waals surface area contributed by atoms with Gasteiger partial charge in [-0.15, -0.1) is 0 Å². The quantitative estimate of drug-likeness (QED) is 0.625. The summed E-state index contributed by atoms with van der Waals surface area (Å²) >= 11 is 5.96. The van der Waals surface area contributed by atoms with E-state index in [1.807, 2.05) is 30.3 Å². The van der Waals surface area contributed by atoms with Crippen LogP contribution in [0, 0.1) is 0 Å². The van der Waals surface area contributed by atoms with Crippen LogP contribution in [0.4, 0.5) is 17.1 Å². The molecule has 0 spiro atoms. The standard InChI is InChI=1S/C21H16ClN3O2/c22-15-5-3-4-13(10-15)12-23-20(26)14-8-9-18-19(11-14)25-21(27)16-6-1-2-7-17(16)24-18/h1-11,24H,12H2,(H,23,26)(H,25,27). The molecular weight excluding hydrogens is 362 g/mol. The molecule has 3 aromatic carbocycles. The number of benzene rings is 3. The Morgan fingerprint density at radius 2 is 1.74 bits per heavy atom. The van der Waals surface area contributed by atoms with Gasteiger partial charge in [-0.05, 0) is 48.0 Å². The Kier molecular flexibility index (Phi) is 4.52. The van der Waals surface area contributed by atoms with Crippen molar-refractivity contribution in [1.29, 1.82) is 0 Å². The van der Waals surface area contributed by atoms with Crippen molar-refractivity contribution < 1.29 is 9.59 Å². The molecule has 0 atom stereocenters. The van der Waals surface area contributed by atoms with Gasteiger partial charge in [-0.25, -0.2) is 0 Å². The van der Waals surface area contributed by atoms with E-state index in [0.717, 1.165) is 16.9 Å². The highest BCUT2D eigenvalue weighted by Crippen LogP contribution is 2.32. The van der Waals surface area contributed by atoms with E-state index in [0.29, 0.717) is 28.4 Å². The lowest BCUT2D eigenvalue weighted by atomic mass is 10.1. The highest BCUT2D eigenvalue weighted by atomic mass is 35.5. The van der Waals surface area contributed by atoms with E-state index < -0.39 is 0 Å². The minimum Gasteiger partial charge on any atom is -0.353 e. The molecule has 0 saturated carbocycles. The van der Waals surface area contributed by atoms with Gasteiger partial charge in [-0.3, -0.25) is 9.59 Å². The van der Waals surface area contributed by atoms with Crippen LogP contribution in [0.1, 0.15) is 26.3 Å². The third-order valence-electron chi connectivity index (χ3n) is 4.31. The number of anilines is 3. The molecule has 0 aromatic heterocycles. The number of carbonyl (C=O) groups excluding carboxylic acids is 2. The Bertz CT molecular complexity index is 1050. The Labute approximate surface area is 161 Å². The maximum absolute atomic E-state index is 12.5. The molecule has 0 bridgehead atoms. The molecule has 0 aliphatic carbocycles. The molecule has 4 rings (SSSR count). The van der Waals surface area contributed by atoms with Crippen molar-refractivity contribution in [3.63, 3.8) is 0 Å². The number of hydrogen-bond donors (Lipinski definition) is 3. The fraction of sp³-hybridized carbons (Fsp3) is 0.0476. The average molecular weight is 378 g/mol. The Balaban J connectivity index is 1.54. The number of rotatable bonds is 3. The maximum Gasteiger partial charge on any atom is 0.257 e.